The van der Waals surface area contributed by atoms with Gasteiger partial charge in [0, 0.05) is 24.4 Å². The van der Waals surface area contributed by atoms with Crippen LogP contribution < -0.4 is 10.6 Å². The number of anilines is 1. The molecule has 8 nitrogen and oxygen atoms in total. The van der Waals surface area contributed by atoms with E-state index >= 15 is 0 Å². The molecule has 2 amide bonds. The summed E-state index contributed by atoms with van der Waals surface area (Å²) in [7, 11) is 0. The maximum Gasteiger partial charge on any atom is 0.319 e. The van der Waals surface area contributed by atoms with Crippen molar-refractivity contribution in [2.45, 2.75) is 25.7 Å². The van der Waals surface area contributed by atoms with Gasteiger partial charge in [-0.2, -0.15) is 0 Å². The predicted octanol–water partition coefficient (Wildman–Crippen LogP) is 1.87. The normalized spacial score (nSPS) is 20.0. The number of carbonyl (C=O) groups is 1. The fourth-order valence-electron chi connectivity index (χ4n) is 1.91. The Morgan fingerprint density at radius 3 is 2.62 bits per heavy atom. The molecule has 1 fully saturated rings. The van der Waals surface area contributed by atoms with Gasteiger partial charge in [0.15, 0.2) is 5.79 Å². The Labute approximate surface area is 121 Å². The molecule has 0 saturated carbocycles. The first-order chi connectivity index (χ1) is 9.85. The van der Waals surface area contributed by atoms with E-state index in [0.717, 1.165) is 0 Å². The van der Waals surface area contributed by atoms with Crippen LogP contribution in [0.4, 0.5) is 16.2 Å². The van der Waals surface area contributed by atoms with E-state index in [1.165, 1.54) is 24.3 Å². The number of nitro benzene ring substituents is 1. The Morgan fingerprint density at radius 2 is 2.10 bits per heavy atom. The number of amides is 2. The van der Waals surface area contributed by atoms with E-state index in [1.54, 1.807) is 0 Å². The summed E-state index contributed by atoms with van der Waals surface area (Å²) < 4.78 is 10.9. The van der Waals surface area contributed by atoms with Crippen molar-refractivity contribution >= 4 is 17.4 Å². The summed E-state index contributed by atoms with van der Waals surface area (Å²) in [6.07, 6.45) is -0.192. The quantitative estimate of drug-likeness (QED) is 0.652. The molecule has 0 radical (unpaired) electrons. The van der Waals surface area contributed by atoms with Crippen LogP contribution in [-0.4, -0.2) is 36.0 Å². The number of benzene rings is 1. The van der Waals surface area contributed by atoms with Crippen LogP contribution >= 0.6 is 0 Å². The number of nitrogens with zero attached hydrogens (tertiary/aromatic N) is 1. The number of nitro groups is 1. The first kappa shape index (κ1) is 15.2. The van der Waals surface area contributed by atoms with Crippen LogP contribution in [0.3, 0.4) is 0 Å². The molecule has 1 aliphatic rings. The zero-order valence-electron chi connectivity index (χ0n) is 11.8. The van der Waals surface area contributed by atoms with Crippen molar-refractivity contribution in [3.8, 4) is 0 Å². The van der Waals surface area contributed by atoms with Gasteiger partial charge in [-0.15, -0.1) is 0 Å². The third-order valence-corrected chi connectivity index (χ3v) is 2.89. The summed E-state index contributed by atoms with van der Waals surface area (Å²) in [5.74, 6) is -0.624. The highest BCUT2D eigenvalue weighted by atomic mass is 16.7. The van der Waals surface area contributed by atoms with Gasteiger partial charge in [0.05, 0.1) is 11.5 Å². The second-order valence-corrected chi connectivity index (χ2v) is 5.09. The first-order valence-electron chi connectivity index (χ1n) is 6.47. The molecule has 0 aromatic heterocycles. The molecular weight excluding hydrogens is 278 g/mol. The monoisotopic (exact) mass is 295 g/mol. The lowest BCUT2D eigenvalue weighted by atomic mass is 10.3. The Bertz CT molecular complexity index is 529. The summed E-state index contributed by atoms with van der Waals surface area (Å²) in [6, 6.07) is 5.18. The highest BCUT2D eigenvalue weighted by molar-refractivity contribution is 5.89. The molecule has 2 N–H and O–H groups in total. The molecule has 1 aliphatic heterocycles. The van der Waals surface area contributed by atoms with E-state index in [-0.39, 0.29) is 11.8 Å². The van der Waals surface area contributed by atoms with Crippen LogP contribution in [0.15, 0.2) is 24.3 Å². The Morgan fingerprint density at radius 1 is 1.43 bits per heavy atom. The average molecular weight is 295 g/mol. The third-order valence-electron chi connectivity index (χ3n) is 2.89. The van der Waals surface area contributed by atoms with Crippen molar-refractivity contribution in [1.29, 1.82) is 0 Å². The van der Waals surface area contributed by atoms with Gasteiger partial charge in [-0.05, 0) is 26.0 Å². The third kappa shape index (κ3) is 4.40. The molecule has 114 valence electrons. The molecule has 1 aromatic carbocycles. The van der Waals surface area contributed by atoms with Crippen LogP contribution in [0.5, 0.6) is 0 Å². The average Bonchev–Trinajstić information content (AvgIpc) is 2.77. The number of hydrogen-bond acceptors (Lipinski definition) is 5. The lowest BCUT2D eigenvalue weighted by Gasteiger charge is -2.17. The smallest absolute Gasteiger partial charge is 0.319 e. The molecule has 21 heavy (non-hydrogen) atoms. The van der Waals surface area contributed by atoms with Crippen LogP contribution in [0.1, 0.15) is 13.8 Å². The molecule has 1 atom stereocenters. The molecule has 1 unspecified atom stereocenters. The van der Waals surface area contributed by atoms with Gasteiger partial charge in [-0.1, -0.05) is 0 Å². The van der Waals surface area contributed by atoms with E-state index in [4.69, 9.17) is 9.47 Å². The second-order valence-electron chi connectivity index (χ2n) is 5.09. The lowest BCUT2D eigenvalue weighted by Crippen LogP contribution is -2.37. The molecular formula is C13H17N3O5. The van der Waals surface area contributed by atoms with Crippen molar-refractivity contribution in [3.63, 3.8) is 0 Å². The molecule has 0 aliphatic carbocycles. The van der Waals surface area contributed by atoms with Crippen LogP contribution in [-0.2, 0) is 9.47 Å². The largest absolute Gasteiger partial charge is 0.348 e. The number of carbonyl (C=O) groups excluding carboxylic acids is 1. The highest BCUT2D eigenvalue weighted by Crippen LogP contribution is 2.21. The Kier molecular flexibility index (Phi) is 4.39. The number of urea groups is 1. The van der Waals surface area contributed by atoms with E-state index in [0.29, 0.717) is 18.8 Å². The lowest BCUT2D eigenvalue weighted by molar-refractivity contribution is -0.384. The van der Waals surface area contributed by atoms with Gasteiger partial charge in [-0.3, -0.25) is 10.1 Å². The zero-order valence-corrected chi connectivity index (χ0v) is 11.8. The molecule has 2 rings (SSSR count). The predicted molar refractivity (Wildman–Crippen MR) is 75.0 cm³/mol. The van der Waals surface area contributed by atoms with Gasteiger partial charge < -0.3 is 20.1 Å². The number of rotatable bonds is 4. The molecule has 0 bridgehead atoms. The molecule has 0 spiro atoms. The Balaban J connectivity index is 1.78. The summed E-state index contributed by atoms with van der Waals surface area (Å²) in [5, 5.41) is 15.8. The number of non-ortho nitro benzene ring substituents is 1. The van der Waals surface area contributed by atoms with Crippen molar-refractivity contribution in [2.24, 2.45) is 0 Å². The summed E-state index contributed by atoms with van der Waals surface area (Å²) in [5.41, 5.74) is 0.446. The van der Waals surface area contributed by atoms with Crippen LogP contribution in [0, 0.1) is 10.1 Å². The second kappa shape index (κ2) is 6.06. The van der Waals surface area contributed by atoms with Crippen LogP contribution in [0.25, 0.3) is 0 Å². The molecule has 1 aromatic rings. The SMILES string of the molecule is CC1(C)OCC(CNC(=O)Nc2ccc([N+](=O)[O-])cc2)O1. The Hall–Kier alpha value is -2.19. The number of nitrogens with one attached hydrogen (secondary N) is 2. The van der Waals surface area contributed by atoms with Crippen molar-refractivity contribution in [3.05, 3.63) is 34.4 Å². The van der Waals surface area contributed by atoms with Crippen molar-refractivity contribution in [1.82, 2.24) is 5.32 Å². The molecule has 1 saturated heterocycles. The minimum Gasteiger partial charge on any atom is -0.348 e. The van der Waals surface area contributed by atoms with Crippen molar-refractivity contribution < 1.29 is 19.2 Å². The maximum absolute atomic E-state index is 11.7. The maximum atomic E-state index is 11.7. The topological polar surface area (TPSA) is 103 Å². The minimum absolute atomic E-state index is 0.0281. The van der Waals surface area contributed by atoms with Crippen molar-refractivity contribution in [2.75, 3.05) is 18.5 Å². The fourth-order valence-corrected chi connectivity index (χ4v) is 1.91. The van der Waals surface area contributed by atoms with Gasteiger partial charge in [0.25, 0.3) is 5.69 Å². The summed E-state index contributed by atoms with van der Waals surface area (Å²) >= 11 is 0. The van der Waals surface area contributed by atoms with Crippen LogP contribution in [0.2, 0.25) is 0 Å². The summed E-state index contributed by atoms with van der Waals surface area (Å²) in [4.78, 5) is 21.7. The highest BCUT2D eigenvalue weighted by Gasteiger charge is 2.32. The number of hydrogen-bond donors (Lipinski definition) is 2. The number of ether oxygens (including phenoxy) is 2. The minimum atomic E-state index is -0.624. The van der Waals surface area contributed by atoms with E-state index in [9.17, 15) is 14.9 Å². The van der Waals surface area contributed by atoms with Gasteiger partial charge >= 0.3 is 6.03 Å². The van der Waals surface area contributed by atoms with Gasteiger partial charge in [-0.25, -0.2) is 4.79 Å². The van der Waals surface area contributed by atoms with E-state index in [1.807, 2.05) is 13.8 Å². The fraction of sp³-hybridized carbons (Fsp3) is 0.462. The molecule has 8 heteroatoms. The van der Waals surface area contributed by atoms with E-state index in [2.05, 4.69) is 10.6 Å². The molecule has 1 heterocycles. The first-order valence-corrected chi connectivity index (χ1v) is 6.47. The van der Waals surface area contributed by atoms with Gasteiger partial charge in [0.2, 0.25) is 0 Å². The van der Waals surface area contributed by atoms with Gasteiger partial charge in [0.1, 0.15) is 6.10 Å². The standard InChI is InChI=1S/C13H17N3O5/c1-13(2)20-8-11(21-13)7-14-12(17)15-9-3-5-10(6-4-9)16(18)19/h3-6,11H,7-8H2,1-2H3,(H2,14,15,17). The summed E-state index contributed by atoms with van der Waals surface area (Å²) in [6.45, 7) is 4.36. The zero-order chi connectivity index (χ0) is 15.5. The van der Waals surface area contributed by atoms with E-state index < -0.39 is 16.7 Å².